The van der Waals surface area contributed by atoms with Gasteiger partial charge in [0.1, 0.15) is 23.1 Å². The fourth-order valence-electron chi connectivity index (χ4n) is 1.01. The number of nitriles is 1. The molecule has 1 N–H and O–H groups in total. The minimum absolute atomic E-state index is 0.0336. The molecule has 1 aromatic rings. The smallest absolute Gasteiger partial charge is 0.140 e. The van der Waals surface area contributed by atoms with Crippen LogP contribution >= 0.6 is 0 Å². The number of phenols is 1. The highest BCUT2D eigenvalue weighted by molar-refractivity contribution is 5.51. The van der Waals surface area contributed by atoms with Crippen molar-refractivity contribution in [1.29, 1.82) is 5.26 Å². The van der Waals surface area contributed by atoms with Crippen molar-refractivity contribution in [2.24, 2.45) is 5.92 Å². The normalized spacial score (nSPS) is 9.86. The molecule has 0 bridgehead atoms. The van der Waals surface area contributed by atoms with Gasteiger partial charge in [0.15, 0.2) is 0 Å². The molecular weight excluding hydrogens is 178 g/mol. The Balaban J connectivity index is 2.87. The average Bonchev–Trinajstić information content (AvgIpc) is 2.14. The Hall–Kier alpha value is -1.69. The highest BCUT2D eigenvalue weighted by Crippen LogP contribution is 2.26. The Morgan fingerprint density at radius 3 is 2.79 bits per heavy atom. The molecule has 3 nitrogen and oxygen atoms in total. The number of hydrogen-bond donors (Lipinski definition) is 1. The van der Waals surface area contributed by atoms with E-state index in [4.69, 9.17) is 10.00 Å². The zero-order valence-electron chi connectivity index (χ0n) is 8.32. The molecule has 3 heteroatoms. The van der Waals surface area contributed by atoms with Crippen molar-refractivity contribution >= 4 is 0 Å². The van der Waals surface area contributed by atoms with Gasteiger partial charge in [0.05, 0.1) is 6.61 Å². The van der Waals surface area contributed by atoms with Crippen LogP contribution in [-0.4, -0.2) is 11.7 Å². The van der Waals surface area contributed by atoms with E-state index in [0.29, 0.717) is 18.3 Å². The molecule has 0 fully saturated rings. The summed E-state index contributed by atoms with van der Waals surface area (Å²) in [5.74, 6) is 0.804. The zero-order valence-corrected chi connectivity index (χ0v) is 8.32. The second-order valence-corrected chi connectivity index (χ2v) is 3.47. The van der Waals surface area contributed by atoms with E-state index in [0.717, 1.165) is 0 Å². The Morgan fingerprint density at radius 2 is 2.21 bits per heavy atom. The average molecular weight is 191 g/mol. The van der Waals surface area contributed by atoms with Crippen molar-refractivity contribution in [3.63, 3.8) is 0 Å². The minimum atomic E-state index is -0.0336. The van der Waals surface area contributed by atoms with Crippen LogP contribution in [0.4, 0.5) is 0 Å². The van der Waals surface area contributed by atoms with Gasteiger partial charge in [-0.15, -0.1) is 0 Å². The van der Waals surface area contributed by atoms with Gasteiger partial charge in [-0.1, -0.05) is 19.9 Å². The molecule has 74 valence electrons. The van der Waals surface area contributed by atoms with Crippen LogP contribution in [-0.2, 0) is 0 Å². The summed E-state index contributed by atoms with van der Waals surface area (Å²) in [5.41, 5.74) is 0.202. The van der Waals surface area contributed by atoms with Crippen LogP contribution in [0.25, 0.3) is 0 Å². The van der Waals surface area contributed by atoms with Gasteiger partial charge < -0.3 is 9.84 Å². The minimum Gasteiger partial charge on any atom is -0.506 e. The van der Waals surface area contributed by atoms with Crippen LogP contribution in [0.15, 0.2) is 18.2 Å². The number of nitrogens with zero attached hydrogens (tertiary/aromatic N) is 1. The van der Waals surface area contributed by atoms with Gasteiger partial charge in [-0.05, 0) is 18.1 Å². The second-order valence-electron chi connectivity index (χ2n) is 3.47. The Kier molecular flexibility index (Phi) is 3.35. The molecule has 1 aromatic carbocycles. The highest BCUT2D eigenvalue weighted by atomic mass is 16.5. The third-order valence-corrected chi connectivity index (χ3v) is 1.69. The maximum absolute atomic E-state index is 9.35. The molecule has 0 heterocycles. The van der Waals surface area contributed by atoms with Gasteiger partial charge in [-0.3, -0.25) is 0 Å². The Morgan fingerprint density at radius 1 is 1.50 bits per heavy atom. The van der Waals surface area contributed by atoms with Crippen LogP contribution in [0.3, 0.4) is 0 Å². The van der Waals surface area contributed by atoms with E-state index < -0.39 is 0 Å². The van der Waals surface area contributed by atoms with E-state index in [1.54, 1.807) is 12.1 Å². The summed E-state index contributed by atoms with van der Waals surface area (Å²) in [6.07, 6.45) is 0. The van der Waals surface area contributed by atoms with Gasteiger partial charge in [0, 0.05) is 0 Å². The molecule has 0 unspecified atom stereocenters. The number of hydrogen-bond acceptors (Lipinski definition) is 3. The molecule has 14 heavy (non-hydrogen) atoms. The molecule has 0 spiro atoms. The van der Waals surface area contributed by atoms with Crippen molar-refractivity contribution in [2.45, 2.75) is 13.8 Å². The predicted molar refractivity (Wildman–Crippen MR) is 53.2 cm³/mol. The first-order valence-corrected chi connectivity index (χ1v) is 4.50. The zero-order chi connectivity index (χ0) is 10.6. The third kappa shape index (κ3) is 2.40. The molecule has 0 atom stereocenters. The Bertz CT molecular complexity index is 353. The maximum Gasteiger partial charge on any atom is 0.140 e. The lowest BCUT2D eigenvalue weighted by Gasteiger charge is -2.10. The first kappa shape index (κ1) is 10.4. The summed E-state index contributed by atoms with van der Waals surface area (Å²) < 4.78 is 5.39. The first-order chi connectivity index (χ1) is 6.65. The van der Waals surface area contributed by atoms with Crippen LogP contribution in [0, 0.1) is 17.2 Å². The molecule has 0 aromatic heterocycles. The monoisotopic (exact) mass is 191 g/mol. The SMILES string of the molecule is CC(C)COc1cccc(O)c1C#N. The first-order valence-electron chi connectivity index (χ1n) is 4.50. The molecule has 1 rings (SSSR count). The molecule has 0 aliphatic rings. The molecular formula is C11H13NO2. The van der Waals surface area contributed by atoms with E-state index in [-0.39, 0.29) is 11.3 Å². The van der Waals surface area contributed by atoms with Crippen molar-refractivity contribution in [1.82, 2.24) is 0 Å². The highest BCUT2D eigenvalue weighted by Gasteiger charge is 2.08. The number of benzene rings is 1. The number of phenolic OH excluding ortho intramolecular Hbond substituents is 1. The molecule has 0 saturated heterocycles. The predicted octanol–water partition coefficient (Wildman–Crippen LogP) is 2.30. The Labute approximate surface area is 83.6 Å². The van der Waals surface area contributed by atoms with Gasteiger partial charge in [-0.25, -0.2) is 0 Å². The van der Waals surface area contributed by atoms with Gasteiger partial charge in [-0.2, -0.15) is 5.26 Å². The number of aromatic hydroxyl groups is 1. The van der Waals surface area contributed by atoms with Gasteiger partial charge >= 0.3 is 0 Å². The molecule has 0 radical (unpaired) electrons. The summed E-state index contributed by atoms with van der Waals surface area (Å²) >= 11 is 0. The quantitative estimate of drug-likeness (QED) is 0.797. The molecule has 0 saturated carbocycles. The summed E-state index contributed by atoms with van der Waals surface area (Å²) in [6.45, 7) is 4.59. The van der Waals surface area contributed by atoms with Gasteiger partial charge in [0.2, 0.25) is 0 Å². The van der Waals surface area contributed by atoms with E-state index in [2.05, 4.69) is 0 Å². The largest absolute Gasteiger partial charge is 0.506 e. The lowest BCUT2D eigenvalue weighted by atomic mass is 10.2. The summed E-state index contributed by atoms with van der Waals surface area (Å²) in [6, 6.07) is 6.73. The number of rotatable bonds is 3. The van der Waals surface area contributed by atoms with Crippen LogP contribution in [0.5, 0.6) is 11.5 Å². The lowest BCUT2D eigenvalue weighted by molar-refractivity contribution is 0.269. The van der Waals surface area contributed by atoms with Crippen LogP contribution in [0.2, 0.25) is 0 Å². The van der Waals surface area contributed by atoms with Gasteiger partial charge in [0.25, 0.3) is 0 Å². The second kappa shape index (κ2) is 4.52. The number of ether oxygens (including phenoxy) is 1. The summed E-state index contributed by atoms with van der Waals surface area (Å²) in [5, 5.41) is 18.1. The molecule has 0 amide bonds. The maximum atomic E-state index is 9.35. The topological polar surface area (TPSA) is 53.2 Å². The van der Waals surface area contributed by atoms with Crippen molar-refractivity contribution in [3.05, 3.63) is 23.8 Å². The van der Waals surface area contributed by atoms with Crippen molar-refractivity contribution < 1.29 is 9.84 Å². The fourth-order valence-corrected chi connectivity index (χ4v) is 1.01. The standard InChI is InChI=1S/C11H13NO2/c1-8(2)7-14-11-5-3-4-10(13)9(11)6-12/h3-5,8,13H,7H2,1-2H3. The molecule has 0 aliphatic heterocycles. The third-order valence-electron chi connectivity index (χ3n) is 1.69. The van der Waals surface area contributed by atoms with Crippen molar-refractivity contribution in [2.75, 3.05) is 6.61 Å². The van der Waals surface area contributed by atoms with E-state index in [1.807, 2.05) is 19.9 Å². The summed E-state index contributed by atoms with van der Waals surface area (Å²) in [7, 11) is 0. The lowest BCUT2D eigenvalue weighted by Crippen LogP contribution is -2.05. The van der Waals surface area contributed by atoms with Crippen LogP contribution in [0.1, 0.15) is 19.4 Å². The molecule has 0 aliphatic carbocycles. The van der Waals surface area contributed by atoms with E-state index in [9.17, 15) is 5.11 Å². The van der Waals surface area contributed by atoms with Crippen LogP contribution < -0.4 is 4.74 Å². The van der Waals surface area contributed by atoms with Crippen molar-refractivity contribution in [3.8, 4) is 17.6 Å². The van der Waals surface area contributed by atoms with E-state index >= 15 is 0 Å². The fraction of sp³-hybridized carbons (Fsp3) is 0.364. The summed E-state index contributed by atoms with van der Waals surface area (Å²) in [4.78, 5) is 0. The van der Waals surface area contributed by atoms with E-state index in [1.165, 1.54) is 6.07 Å².